The summed E-state index contributed by atoms with van der Waals surface area (Å²) in [5.74, 6) is -0.0124. The molecule has 0 radical (unpaired) electrons. The summed E-state index contributed by atoms with van der Waals surface area (Å²) in [6.45, 7) is 1.45. The van der Waals surface area contributed by atoms with E-state index in [1.807, 2.05) is 0 Å². The SMILES string of the molecule is CC(Cl)S(=O)(=O)CCC(N)c1ccc(Cl)cc1. The van der Waals surface area contributed by atoms with E-state index in [-0.39, 0.29) is 11.8 Å². The third-order valence-electron chi connectivity index (χ3n) is 2.51. The molecule has 1 aromatic carbocycles. The van der Waals surface area contributed by atoms with Gasteiger partial charge in [-0.1, -0.05) is 23.7 Å². The quantitative estimate of drug-likeness (QED) is 0.850. The van der Waals surface area contributed by atoms with E-state index in [1.54, 1.807) is 24.3 Å². The van der Waals surface area contributed by atoms with Crippen molar-refractivity contribution in [2.75, 3.05) is 5.75 Å². The van der Waals surface area contributed by atoms with Gasteiger partial charge in [0.25, 0.3) is 0 Å². The first kappa shape index (κ1) is 14.8. The van der Waals surface area contributed by atoms with Gasteiger partial charge in [0.15, 0.2) is 9.84 Å². The summed E-state index contributed by atoms with van der Waals surface area (Å²) in [5, 5.41) is 0.628. The summed E-state index contributed by atoms with van der Waals surface area (Å²) < 4.78 is 22.1. The largest absolute Gasteiger partial charge is 0.324 e. The highest BCUT2D eigenvalue weighted by atomic mass is 35.5. The Morgan fingerprint density at radius 1 is 1.29 bits per heavy atom. The number of halogens is 2. The number of hydrogen-bond donors (Lipinski definition) is 1. The maximum atomic E-state index is 11.5. The standard InChI is InChI=1S/C11H15Cl2NO2S/c1-8(12)17(15,16)7-6-11(14)9-2-4-10(13)5-3-9/h2-5,8,11H,6-7,14H2,1H3. The zero-order chi connectivity index (χ0) is 13.1. The van der Waals surface area contributed by atoms with Gasteiger partial charge >= 0.3 is 0 Å². The van der Waals surface area contributed by atoms with Gasteiger partial charge in [0.05, 0.1) is 5.75 Å². The monoisotopic (exact) mass is 295 g/mol. The molecule has 0 amide bonds. The lowest BCUT2D eigenvalue weighted by molar-refractivity contribution is 0.584. The molecule has 6 heteroatoms. The molecule has 0 aromatic heterocycles. The number of hydrogen-bond acceptors (Lipinski definition) is 3. The van der Waals surface area contributed by atoms with Crippen LogP contribution in [0.25, 0.3) is 0 Å². The van der Waals surface area contributed by atoms with Crippen LogP contribution in [0.1, 0.15) is 24.9 Å². The highest BCUT2D eigenvalue weighted by Gasteiger charge is 2.19. The molecule has 0 bridgehead atoms. The van der Waals surface area contributed by atoms with E-state index in [0.717, 1.165) is 5.56 Å². The van der Waals surface area contributed by atoms with Gasteiger partial charge in [-0.05, 0) is 31.0 Å². The van der Waals surface area contributed by atoms with Gasteiger partial charge < -0.3 is 5.73 Å². The Bertz CT molecular complexity index is 457. The van der Waals surface area contributed by atoms with Crippen LogP contribution in [0.15, 0.2) is 24.3 Å². The second-order valence-corrected chi connectivity index (χ2v) is 7.65. The molecule has 0 aliphatic heterocycles. The Morgan fingerprint density at radius 2 is 1.82 bits per heavy atom. The van der Waals surface area contributed by atoms with Crippen molar-refractivity contribution in [3.8, 4) is 0 Å². The lowest BCUT2D eigenvalue weighted by atomic mass is 10.1. The second-order valence-electron chi connectivity index (χ2n) is 3.86. The van der Waals surface area contributed by atoms with Gasteiger partial charge in [0.2, 0.25) is 0 Å². The van der Waals surface area contributed by atoms with Crippen LogP contribution in [0, 0.1) is 0 Å². The first-order chi connectivity index (χ1) is 7.83. The molecule has 2 atom stereocenters. The van der Waals surface area contributed by atoms with Gasteiger partial charge in [0, 0.05) is 11.1 Å². The van der Waals surface area contributed by atoms with Crippen LogP contribution < -0.4 is 5.73 Å². The molecule has 2 unspecified atom stereocenters. The summed E-state index contributed by atoms with van der Waals surface area (Å²) in [6.07, 6.45) is 0.348. The van der Waals surface area contributed by atoms with Crippen LogP contribution in [0.4, 0.5) is 0 Å². The minimum absolute atomic E-state index is 0.0124. The predicted molar refractivity (Wildman–Crippen MR) is 72.1 cm³/mol. The molecule has 17 heavy (non-hydrogen) atoms. The summed E-state index contributed by atoms with van der Waals surface area (Å²) in [7, 11) is -3.25. The van der Waals surface area contributed by atoms with Crippen LogP contribution in [-0.4, -0.2) is 18.9 Å². The molecule has 0 fully saturated rings. The number of alkyl halides is 1. The first-order valence-electron chi connectivity index (χ1n) is 5.19. The van der Waals surface area contributed by atoms with Crippen molar-refractivity contribution in [2.24, 2.45) is 5.73 Å². The summed E-state index contributed by atoms with van der Waals surface area (Å²) in [4.78, 5) is 0. The molecule has 3 nitrogen and oxygen atoms in total. The number of sulfone groups is 1. The van der Waals surface area contributed by atoms with Crippen molar-refractivity contribution < 1.29 is 8.42 Å². The van der Waals surface area contributed by atoms with Crippen molar-refractivity contribution in [2.45, 2.75) is 24.1 Å². The number of benzene rings is 1. The lowest BCUT2D eigenvalue weighted by Crippen LogP contribution is -2.20. The maximum absolute atomic E-state index is 11.5. The zero-order valence-electron chi connectivity index (χ0n) is 9.44. The molecule has 0 saturated heterocycles. The second kappa shape index (κ2) is 6.05. The van der Waals surface area contributed by atoms with Crippen LogP contribution in [0.2, 0.25) is 5.02 Å². The van der Waals surface area contributed by atoms with E-state index in [1.165, 1.54) is 6.92 Å². The van der Waals surface area contributed by atoms with Crippen molar-refractivity contribution >= 4 is 33.0 Å². The van der Waals surface area contributed by atoms with Crippen molar-refractivity contribution in [3.05, 3.63) is 34.9 Å². The van der Waals surface area contributed by atoms with E-state index in [0.29, 0.717) is 11.4 Å². The maximum Gasteiger partial charge on any atom is 0.166 e. The normalized spacial score (nSPS) is 15.5. The molecule has 1 rings (SSSR count). The van der Waals surface area contributed by atoms with Crippen molar-refractivity contribution in [1.82, 2.24) is 0 Å². The van der Waals surface area contributed by atoms with Crippen LogP contribution in [0.3, 0.4) is 0 Å². The first-order valence-corrected chi connectivity index (χ1v) is 7.72. The smallest absolute Gasteiger partial charge is 0.166 e. The molecular weight excluding hydrogens is 281 g/mol. The highest BCUT2D eigenvalue weighted by molar-refractivity contribution is 7.93. The minimum Gasteiger partial charge on any atom is -0.324 e. The predicted octanol–water partition coefficient (Wildman–Crippen LogP) is 2.73. The van der Waals surface area contributed by atoms with E-state index >= 15 is 0 Å². The van der Waals surface area contributed by atoms with Gasteiger partial charge in [-0.25, -0.2) is 8.42 Å². The summed E-state index contributed by atoms with van der Waals surface area (Å²) >= 11 is 11.3. The summed E-state index contributed by atoms with van der Waals surface area (Å²) in [6, 6.07) is 6.73. The molecule has 96 valence electrons. The fourth-order valence-electron chi connectivity index (χ4n) is 1.33. The van der Waals surface area contributed by atoms with Crippen molar-refractivity contribution in [1.29, 1.82) is 0 Å². The molecule has 2 N–H and O–H groups in total. The Balaban J connectivity index is 2.62. The van der Waals surface area contributed by atoms with E-state index < -0.39 is 14.5 Å². The average molecular weight is 296 g/mol. The van der Waals surface area contributed by atoms with Gasteiger partial charge in [-0.15, -0.1) is 11.6 Å². The molecule has 0 aliphatic carbocycles. The molecule has 0 heterocycles. The van der Waals surface area contributed by atoms with Gasteiger partial charge in [-0.2, -0.15) is 0 Å². The van der Waals surface area contributed by atoms with Crippen LogP contribution in [0.5, 0.6) is 0 Å². The Morgan fingerprint density at radius 3 is 2.29 bits per heavy atom. The lowest BCUT2D eigenvalue weighted by Gasteiger charge is -2.13. The van der Waals surface area contributed by atoms with Gasteiger partial charge in [0.1, 0.15) is 4.71 Å². The highest BCUT2D eigenvalue weighted by Crippen LogP contribution is 2.19. The van der Waals surface area contributed by atoms with E-state index in [2.05, 4.69) is 0 Å². The van der Waals surface area contributed by atoms with Gasteiger partial charge in [-0.3, -0.25) is 0 Å². The molecule has 0 spiro atoms. The number of rotatable bonds is 5. The molecule has 1 aromatic rings. The fourth-order valence-corrected chi connectivity index (χ4v) is 2.63. The topological polar surface area (TPSA) is 60.2 Å². The van der Waals surface area contributed by atoms with Crippen molar-refractivity contribution in [3.63, 3.8) is 0 Å². The molecular formula is C11H15Cl2NO2S. The number of nitrogens with two attached hydrogens (primary N) is 1. The Hall–Kier alpha value is -0.290. The fraction of sp³-hybridized carbons (Fsp3) is 0.455. The van der Waals surface area contributed by atoms with Crippen LogP contribution >= 0.6 is 23.2 Å². The Labute approximate surface area is 112 Å². The minimum atomic E-state index is -3.25. The average Bonchev–Trinajstić information content (AvgIpc) is 2.27. The molecule has 0 saturated carbocycles. The zero-order valence-corrected chi connectivity index (χ0v) is 11.8. The summed E-state index contributed by atoms with van der Waals surface area (Å²) in [5.41, 5.74) is 6.77. The van der Waals surface area contributed by atoms with E-state index in [9.17, 15) is 8.42 Å². The van der Waals surface area contributed by atoms with E-state index in [4.69, 9.17) is 28.9 Å². The Kier molecular flexibility index (Phi) is 5.25. The van der Waals surface area contributed by atoms with Crippen LogP contribution in [-0.2, 0) is 9.84 Å². The third-order valence-corrected chi connectivity index (χ3v) is 5.37. The molecule has 0 aliphatic rings. The third kappa shape index (κ3) is 4.47.